The van der Waals surface area contributed by atoms with E-state index in [-0.39, 0.29) is 24.8 Å². The van der Waals surface area contributed by atoms with Crippen LogP contribution in [0, 0.1) is 5.92 Å². The molecule has 0 aliphatic heterocycles. The van der Waals surface area contributed by atoms with Crippen LogP contribution >= 0.6 is 52.1 Å². The molecule has 0 aliphatic carbocycles. The Bertz CT molecular complexity index is 206. The Morgan fingerprint density at radius 3 is 0.900 bits per heavy atom. The summed E-state index contributed by atoms with van der Waals surface area (Å²) in [5.41, 5.74) is 0. The monoisotopic (exact) mass is 404 g/mol. The number of halogens is 3. The second kappa shape index (κ2) is 22.4. The molecule has 0 heterocycles. The first-order chi connectivity index (χ1) is 7.68. The van der Waals surface area contributed by atoms with E-state index >= 15 is 0 Å². The lowest BCUT2D eigenvalue weighted by Gasteiger charge is -1.90. The molecule has 0 unspecified atom stereocenters. The summed E-state index contributed by atoms with van der Waals surface area (Å²) >= 11 is 5.00. The van der Waals surface area contributed by atoms with Gasteiger partial charge in [0.1, 0.15) is 0 Å². The minimum atomic E-state index is -4.64. The summed E-state index contributed by atoms with van der Waals surface area (Å²) < 4.78 is 17.8. The van der Waals surface area contributed by atoms with Gasteiger partial charge in [-0.25, -0.2) is 9.13 Å². The zero-order valence-electron chi connectivity index (χ0n) is 11.6. The summed E-state index contributed by atoms with van der Waals surface area (Å²) in [5.74, 6) is 1.61. The van der Waals surface area contributed by atoms with Crippen molar-refractivity contribution in [3.05, 3.63) is 0 Å². The van der Waals surface area contributed by atoms with Gasteiger partial charge < -0.3 is 29.4 Å². The highest BCUT2D eigenvalue weighted by Crippen LogP contribution is 2.26. The van der Waals surface area contributed by atoms with Crippen molar-refractivity contribution < 1.29 is 38.5 Å². The molecule has 0 rings (SSSR count). The first kappa shape index (κ1) is 37.4. The Balaban J connectivity index is -0.0000000321. The van der Waals surface area contributed by atoms with Gasteiger partial charge in [0.25, 0.3) is 0 Å². The molecule has 0 fully saturated rings. The molecule has 0 atom stereocenters. The third-order valence-electron chi connectivity index (χ3n) is 0.816. The number of hydrogen-bond acceptors (Lipinski definition) is 2. The van der Waals surface area contributed by atoms with E-state index in [9.17, 15) is 0 Å². The molecule has 0 aromatic heterocycles. The average Bonchev–Trinajstić information content (AvgIpc) is 1.99. The van der Waals surface area contributed by atoms with E-state index in [2.05, 4.69) is 20.8 Å². The minimum absolute atomic E-state index is 0. The molecule has 0 aliphatic rings. The lowest BCUT2D eigenvalue weighted by molar-refractivity contribution is 0.272. The van der Waals surface area contributed by atoms with E-state index in [4.69, 9.17) is 50.1 Å². The van der Waals surface area contributed by atoms with E-state index < -0.39 is 15.6 Å². The van der Waals surface area contributed by atoms with Crippen molar-refractivity contribution in [2.24, 2.45) is 5.92 Å². The van der Waals surface area contributed by atoms with Crippen LogP contribution in [0.5, 0.6) is 0 Å². The molecule has 13 heteroatoms. The van der Waals surface area contributed by atoms with Crippen LogP contribution in [0.15, 0.2) is 0 Å². The Morgan fingerprint density at radius 2 is 0.900 bits per heavy atom. The van der Waals surface area contributed by atoms with Gasteiger partial charge in [0, 0.05) is 5.88 Å². The highest BCUT2D eigenvalue weighted by atomic mass is 35.5. The van der Waals surface area contributed by atoms with Crippen LogP contribution in [0.2, 0.25) is 0 Å². The average molecular weight is 406 g/mol. The fourth-order valence-electron chi connectivity index (χ4n) is 0. The largest absolute Gasteiger partial charge is 0.466 e. The first-order valence-corrected chi connectivity index (χ1v) is 8.47. The van der Waals surface area contributed by atoms with Crippen LogP contribution < -0.4 is 0 Å². The smallest absolute Gasteiger partial charge is 0.303 e. The van der Waals surface area contributed by atoms with Crippen molar-refractivity contribution >= 4 is 52.1 Å². The third kappa shape index (κ3) is 654. The van der Waals surface area contributed by atoms with Gasteiger partial charge in [-0.1, -0.05) is 34.1 Å². The van der Waals surface area contributed by atoms with Crippen LogP contribution in [-0.2, 0) is 9.13 Å². The maximum atomic E-state index is 8.88. The standard InChI is InChI=1S/C5H12.C2H5Cl.2ClH.2H3O4P/c1-4-5(2)3;1-2-3;;;2*1-5(2,3)4/h5H,4H2,1-3H3;2H2,1H3;2*1H;2*(H3,1,2,3,4). The fraction of sp³-hybridized carbons (Fsp3) is 1.00. The molecule has 0 saturated heterocycles. The molecule has 0 bridgehead atoms. The highest BCUT2D eigenvalue weighted by molar-refractivity contribution is 7.45. The summed E-state index contributed by atoms with van der Waals surface area (Å²) in [5, 5.41) is 0. The quantitative estimate of drug-likeness (QED) is 0.287. The van der Waals surface area contributed by atoms with Crippen molar-refractivity contribution in [2.45, 2.75) is 34.1 Å². The number of rotatable bonds is 1. The molecule has 0 amide bonds. The predicted octanol–water partition coefficient (Wildman–Crippen LogP) is 2.28. The van der Waals surface area contributed by atoms with Gasteiger partial charge in [-0.3, -0.25) is 0 Å². The van der Waals surface area contributed by atoms with Gasteiger partial charge in [-0.2, -0.15) is 0 Å². The molecular weight excluding hydrogens is 380 g/mol. The molecule has 132 valence electrons. The highest BCUT2D eigenvalue weighted by Gasteiger charge is 2.00. The Hall–Kier alpha value is 1.09. The minimum Gasteiger partial charge on any atom is -0.303 e. The van der Waals surface area contributed by atoms with E-state index in [0.29, 0.717) is 0 Å². The summed E-state index contributed by atoms with van der Waals surface area (Å²) in [4.78, 5) is 43.1. The van der Waals surface area contributed by atoms with Crippen LogP contribution in [0.3, 0.4) is 0 Å². The van der Waals surface area contributed by atoms with Gasteiger partial charge in [0.15, 0.2) is 0 Å². The molecular formula is C7H25Cl3O8P2. The second-order valence-electron chi connectivity index (χ2n) is 3.10. The van der Waals surface area contributed by atoms with Crippen molar-refractivity contribution in [1.29, 1.82) is 0 Å². The summed E-state index contributed by atoms with van der Waals surface area (Å²) in [6.07, 6.45) is 1.31. The van der Waals surface area contributed by atoms with Crippen LogP contribution in [-0.4, -0.2) is 35.2 Å². The van der Waals surface area contributed by atoms with Gasteiger partial charge in [0.05, 0.1) is 0 Å². The van der Waals surface area contributed by atoms with E-state index in [0.717, 1.165) is 11.8 Å². The molecule has 0 aromatic rings. The number of alkyl halides is 1. The molecule has 6 N–H and O–H groups in total. The normalized spacial score (nSPS) is 9.20. The summed E-state index contributed by atoms with van der Waals surface area (Å²) in [6.45, 7) is 8.53. The Kier molecular flexibility index (Phi) is 41.8. The molecule has 0 radical (unpaired) electrons. The van der Waals surface area contributed by atoms with Gasteiger partial charge in [-0.15, -0.1) is 36.4 Å². The predicted molar refractivity (Wildman–Crippen MR) is 84.5 cm³/mol. The van der Waals surface area contributed by atoms with Crippen LogP contribution in [0.25, 0.3) is 0 Å². The van der Waals surface area contributed by atoms with E-state index in [1.165, 1.54) is 6.42 Å². The zero-order chi connectivity index (χ0) is 16.0. The Labute approximate surface area is 136 Å². The SMILES string of the molecule is CCC(C)C.CCCl.Cl.Cl.O=P(O)(O)O.O=P(O)(O)O. The van der Waals surface area contributed by atoms with Crippen LogP contribution in [0.4, 0.5) is 0 Å². The lowest BCUT2D eigenvalue weighted by atomic mass is 10.2. The lowest BCUT2D eigenvalue weighted by Crippen LogP contribution is -1.77. The topological polar surface area (TPSA) is 156 Å². The maximum Gasteiger partial charge on any atom is 0.466 e. The van der Waals surface area contributed by atoms with E-state index in [1.807, 2.05) is 6.92 Å². The van der Waals surface area contributed by atoms with E-state index in [1.54, 1.807) is 0 Å². The molecule has 0 aromatic carbocycles. The van der Waals surface area contributed by atoms with Crippen LogP contribution in [0.1, 0.15) is 34.1 Å². The van der Waals surface area contributed by atoms with Crippen molar-refractivity contribution in [2.75, 3.05) is 5.88 Å². The number of hydrogen-bond donors (Lipinski definition) is 6. The van der Waals surface area contributed by atoms with Gasteiger partial charge in [-0.05, 0) is 5.92 Å². The summed E-state index contributed by atoms with van der Waals surface area (Å²) in [6, 6.07) is 0. The summed E-state index contributed by atoms with van der Waals surface area (Å²) in [7, 11) is -9.28. The molecule has 8 nitrogen and oxygen atoms in total. The Morgan fingerprint density at radius 1 is 0.850 bits per heavy atom. The second-order valence-corrected chi connectivity index (χ2v) is 5.68. The van der Waals surface area contributed by atoms with Crippen molar-refractivity contribution in [3.63, 3.8) is 0 Å². The zero-order valence-corrected chi connectivity index (χ0v) is 15.8. The van der Waals surface area contributed by atoms with Gasteiger partial charge >= 0.3 is 15.6 Å². The van der Waals surface area contributed by atoms with Crippen molar-refractivity contribution in [3.8, 4) is 0 Å². The third-order valence-corrected chi connectivity index (χ3v) is 0.816. The van der Waals surface area contributed by atoms with Gasteiger partial charge in [0.2, 0.25) is 0 Å². The molecule has 0 spiro atoms. The first-order valence-electron chi connectivity index (χ1n) is 4.81. The fourth-order valence-corrected chi connectivity index (χ4v) is 0. The maximum absolute atomic E-state index is 8.88. The molecule has 0 saturated carbocycles. The number of phosphoric acid groups is 2. The molecule has 20 heavy (non-hydrogen) atoms. The van der Waals surface area contributed by atoms with Crippen molar-refractivity contribution in [1.82, 2.24) is 0 Å².